The number of carbonyl (C=O) groups excluding carboxylic acids is 1. The number of hydrogen-bond acceptors (Lipinski definition) is 3. The summed E-state index contributed by atoms with van der Waals surface area (Å²) in [6.07, 6.45) is 10.9. The number of carboxylic acid groups (broad SMARTS) is 1. The van der Waals surface area contributed by atoms with Gasteiger partial charge in [-0.05, 0) is 56.3 Å². The van der Waals surface area contributed by atoms with Crippen LogP contribution in [0.4, 0.5) is 0 Å². The maximum absolute atomic E-state index is 11.6. The molecule has 1 fully saturated rings. The van der Waals surface area contributed by atoms with E-state index in [9.17, 15) is 9.59 Å². The molecule has 0 spiro atoms. The molecule has 0 aromatic rings. The highest BCUT2D eigenvalue weighted by atomic mass is 16.5. The highest BCUT2D eigenvalue weighted by Gasteiger charge is 2.49. The third kappa shape index (κ3) is 4.66. The number of fused-ring (bicyclic) bond motifs is 1. The first-order chi connectivity index (χ1) is 9.68. The van der Waals surface area contributed by atoms with Gasteiger partial charge in [0.05, 0.1) is 6.61 Å². The van der Waals surface area contributed by atoms with Gasteiger partial charge in [-0.15, -0.1) is 0 Å². The largest absolute Gasteiger partial charge is 0.481 e. The van der Waals surface area contributed by atoms with Crippen LogP contribution in [0.5, 0.6) is 0 Å². The van der Waals surface area contributed by atoms with Crippen molar-refractivity contribution >= 4 is 11.9 Å². The lowest BCUT2D eigenvalue weighted by Gasteiger charge is -2.04. The molecule has 0 aromatic heterocycles. The lowest BCUT2D eigenvalue weighted by molar-refractivity contribution is -0.145. The molecule has 0 radical (unpaired) electrons. The van der Waals surface area contributed by atoms with E-state index in [4.69, 9.17) is 9.84 Å². The van der Waals surface area contributed by atoms with Crippen molar-refractivity contribution in [2.45, 2.75) is 51.4 Å². The van der Waals surface area contributed by atoms with Gasteiger partial charge in [-0.25, -0.2) is 0 Å². The van der Waals surface area contributed by atoms with Gasteiger partial charge in [-0.2, -0.15) is 0 Å². The minimum atomic E-state index is -0.804. The fourth-order valence-corrected chi connectivity index (χ4v) is 3.25. The Labute approximate surface area is 120 Å². The van der Waals surface area contributed by atoms with E-state index in [2.05, 4.69) is 12.2 Å². The van der Waals surface area contributed by atoms with Crippen LogP contribution in [-0.4, -0.2) is 23.7 Å². The minimum Gasteiger partial charge on any atom is -0.481 e. The van der Waals surface area contributed by atoms with Crippen molar-refractivity contribution in [1.82, 2.24) is 0 Å². The van der Waals surface area contributed by atoms with Crippen LogP contribution in [0.15, 0.2) is 12.2 Å². The Kier molecular flexibility index (Phi) is 5.62. The average Bonchev–Trinajstić information content (AvgIpc) is 3.02. The maximum Gasteiger partial charge on any atom is 0.305 e. The van der Waals surface area contributed by atoms with Crippen molar-refractivity contribution < 1.29 is 19.4 Å². The molecular formula is C16H24O4. The molecule has 0 saturated heterocycles. The number of carbonyl (C=O) groups is 2. The summed E-state index contributed by atoms with van der Waals surface area (Å²) in [4.78, 5) is 21.9. The molecule has 4 nitrogen and oxygen atoms in total. The van der Waals surface area contributed by atoms with E-state index in [1.54, 1.807) is 0 Å². The van der Waals surface area contributed by atoms with Crippen molar-refractivity contribution in [2.75, 3.05) is 6.61 Å². The number of unbranched alkanes of at least 4 members (excludes halogenated alkanes) is 1. The van der Waals surface area contributed by atoms with E-state index in [1.165, 1.54) is 12.8 Å². The van der Waals surface area contributed by atoms with Crippen LogP contribution in [0, 0.1) is 17.8 Å². The smallest absolute Gasteiger partial charge is 0.305 e. The number of aliphatic carboxylic acids is 1. The number of allylic oxidation sites excluding steroid dienone is 2. The molecule has 3 atom stereocenters. The van der Waals surface area contributed by atoms with Crippen LogP contribution in [0.2, 0.25) is 0 Å². The van der Waals surface area contributed by atoms with Crippen LogP contribution < -0.4 is 0 Å². The van der Waals surface area contributed by atoms with Crippen molar-refractivity contribution in [3.8, 4) is 0 Å². The molecule has 2 aliphatic carbocycles. The van der Waals surface area contributed by atoms with Crippen LogP contribution >= 0.6 is 0 Å². The third-order valence-electron chi connectivity index (χ3n) is 4.47. The quantitative estimate of drug-likeness (QED) is 0.442. The summed E-state index contributed by atoms with van der Waals surface area (Å²) in [7, 11) is 0. The maximum atomic E-state index is 11.6. The summed E-state index contributed by atoms with van der Waals surface area (Å²) < 4.78 is 5.34. The van der Waals surface area contributed by atoms with Crippen LogP contribution in [0.1, 0.15) is 51.4 Å². The summed E-state index contributed by atoms with van der Waals surface area (Å²) in [5, 5.41) is 8.51. The predicted molar refractivity (Wildman–Crippen MR) is 75.1 cm³/mol. The summed E-state index contributed by atoms with van der Waals surface area (Å²) in [6.45, 7) is 0.563. The molecule has 0 bridgehead atoms. The molecule has 0 aromatic carbocycles. The van der Waals surface area contributed by atoms with Gasteiger partial charge >= 0.3 is 11.9 Å². The van der Waals surface area contributed by atoms with Crippen LogP contribution in [0.3, 0.4) is 0 Å². The molecule has 0 amide bonds. The van der Waals surface area contributed by atoms with Gasteiger partial charge in [0, 0.05) is 12.8 Å². The van der Waals surface area contributed by atoms with Crippen molar-refractivity contribution in [1.29, 1.82) is 0 Å². The lowest BCUT2D eigenvalue weighted by Crippen LogP contribution is -2.08. The second-order valence-electron chi connectivity index (χ2n) is 5.90. The standard InChI is InChI=1S/C16H24O4/c17-15(18)9-5-6-10-16(19)20-11-14-12-7-3-1-2-4-8-13(12)14/h1-2,12-14H,3-11H2,(H,17,18)/b2-1+/t12-,13+,14?. The Morgan fingerprint density at radius 2 is 1.65 bits per heavy atom. The molecule has 4 heteroatoms. The topological polar surface area (TPSA) is 63.6 Å². The minimum absolute atomic E-state index is 0.132. The monoisotopic (exact) mass is 280 g/mol. The van der Waals surface area contributed by atoms with Crippen molar-refractivity contribution in [2.24, 2.45) is 17.8 Å². The van der Waals surface area contributed by atoms with E-state index in [0.717, 1.165) is 24.7 Å². The van der Waals surface area contributed by atoms with Crippen molar-refractivity contribution in [3.05, 3.63) is 12.2 Å². The van der Waals surface area contributed by atoms with Crippen LogP contribution in [0.25, 0.3) is 0 Å². The first kappa shape index (κ1) is 15.1. The number of ether oxygens (including phenoxy) is 1. The number of rotatable bonds is 7. The Balaban J connectivity index is 1.57. The van der Waals surface area contributed by atoms with Gasteiger partial charge in [0.2, 0.25) is 0 Å². The normalized spacial score (nSPS) is 29.7. The van der Waals surface area contributed by atoms with Gasteiger partial charge in [0.1, 0.15) is 0 Å². The molecule has 1 N–H and O–H groups in total. The van der Waals surface area contributed by atoms with Gasteiger partial charge in [0.25, 0.3) is 0 Å². The molecule has 2 aliphatic rings. The summed E-state index contributed by atoms with van der Waals surface area (Å²) in [5.74, 6) is 1.09. The van der Waals surface area contributed by atoms with E-state index in [-0.39, 0.29) is 12.4 Å². The molecule has 1 unspecified atom stereocenters. The molecule has 0 heterocycles. The highest BCUT2D eigenvalue weighted by Crippen LogP contribution is 2.52. The van der Waals surface area contributed by atoms with Gasteiger partial charge < -0.3 is 9.84 Å². The SMILES string of the molecule is O=C(O)CCCCC(=O)OCC1[C@H]2CC/C=C/CC[C@@H]12. The molecule has 20 heavy (non-hydrogen) atoms. The Hall–Kier alpha value is -1.32. The Morgan fingerprint density at radius 1 is 1.05 bits per heavy atom. The van der Waals surface area contributed by atoms with Gasteiger partial charge in [0.15, 0.2) is 0 Å². The first-order valence-electron chi connectivity index (χ1n) is 7.71. The zero-order valence-corrected chi connectivity index (χ0v) is 11.9. The molecule has 112 valence electrons. The second kappa shape index (κ2) is 7.46. The zero-order chi connectivity index (χ0) is 14.4. The number of hydrogen-bond donors (Lipinski definition) is 1. The lowest BCUT2D eigenvalue weighted by atomic mass is 10.1. The molecular weight excluding hydrogens is 256 g/mol. The first-order valence-corrected chi connectivity index (χ1v) is 7.71. The molecule has 1 saturated carbocycles. The fourth-order valence-electron chi connectivity index (χ4n) is 3.25. The summed E-state index contributed by atoms with van der Waals surface area (Å²) in [5.41, 5.74) is 0. The van der Waals surface area contributed by atoms with E-state index < -0.39 is 5.97 Å². The van der Waals surface area contributed by atoms with Crippen LogP contribution in [-0.2, 0) is 14.3 Å². The highest BCUT2D eigenvalue weighted by molar-refractivity contribution is 5.69. The van der Waals surface area contributed by atoms with E-state index in [0.29, 0.717) is 31.8 Å². The summed E-state index contributed by atoms with van der Waals surface area (Å²) >= 11 is 0. The van der Waals surface area contributed by atoms with E-state index in [1.807, 2.05) is 0 Å². The zero-order valence-electron chi connectivity index (χ0n) is 11.9. The average molecular weight is 280 g/mol. The molecule has 0 aliphatic heterocycles. The fraction of sp³-hybridized carbons (Fsp3) is 0.750. The number of esters is 1. The Bertz CT molecular complexity index is 359. The summed E-state index contributed by atoms with van der Waals surface area (Å²) in [6, 6.07) is 0. The predicted octanol–water partition coefficient (Wildman–Crippen LogP) is 3.17. The van der Waals surface area contributed by atoms with E-state index >= 15 is 0 Å². The second-order valence-corrected chi connectivity index (χ2v) is 5.90. The third-order valence-corrected chi connectivity index (χ3v) is 4.47. The Morgan fingerprint density at radius 3 is 2.25 bits per heavy atom. The number of carboxylic acids is 1. The van der Waals surface area contributed by atoms with Gasteiger partial charge in [-0.1, -0.05) is 12.2 Å². The van der Waals surface area contributed by atoms with Gasteiger partial charge in [-0.3, -0.25) is 9.59 Å². The van der Waals surface area contributed by atoms with Crippen molar-refractivity contribution in [3.63, 3.8) is 0 Å². The molecule has 2 rings (SSSR count).